The van der Waals surface area contributed by atoms with Crippen LogP contribution >= 0.6 is 0 Å². The van der Waals surface area contributed by atoms with Gasteiger partial charge in [0.1, 0.15) is 13.8 Å². The summed E-state index contributed by atoms with van der Waals surface area (Å²) in [6.07, 6.45) is 2.83. The molecule has 0 saturated heterocycles. The Hall–Kier alpha value is -1.76. The predicted molar refractivity (Wildman–Crippen MR) is 101 cm³/mol. The second kappa shape index (κ2) is 8.19. The van der Waals surface area contributed by atoms with Crippen LogP contribution in [0.5, 0.6) is 5.75 Å². The third-order valence-corrected chi connectivity index (χ3v) is 4.34. The van der Waals surface area contributed by atoms with Gasteiger partial charge in [0.05, 0.1) is 6.61 Å². The molecule has 3 heteroatoms. The van der Waals surface area contributed by atoms with Crippen LogP contribution in [-0.2, 0) is 0 Å². The highest BCUT2D eigenvalue weighted by molar-refractivity contribution is 6.83. The van der Waals surface area contributed by atoms with Crippen LogP contribution in [0.25, 0.3) is 10.8 Å². The van der Waals surface area contributed by atoms with Crippen LogP contribution in [0.2, 0.25) is 19.6 Å². The second-order valence-electron chi connectivity index (χ2n) is 6.86. The van der Waals surface area contributed by atoms with E-state index < -0.39 is 8.07 Å². The van der Waals surface area contributed by atoms with Crippen LogP contribution in [0, 0.1) is 11.5 Å². The van der Waals surface area contributed by atoms with Gasteiger partial charge in [-0.05, 0) is 54.3 Å². The number of benzene rings is 2. The molecule has 0 radical (unpaired) electrons. The van der Waals surface area contributed by atoms with Crippen molar-refractivity contribution in [3.8, 4) is 17.2 Å². The minimum absolute atomic E-state index is 0.263. The summed E-state index contributed by atoms with van der Waals surface area (Å²) in [5.41, 5.74) is 4.49. The fraction of sp³-hybridized carbons (Fsp3) is 0.400. The molecule has 2 aromatic rings. The van der Waals surface area contributed by atoms with Crippen molar-refractivity contribution in [2.75, 3.05) is 13.2 Å². The summed E-state index contributed by atoms with van der Waals surface area (Å²) in [5.74, 6) is 4.21. The van der Waals surface area contributed by atoms with Gasteiger partial charge in [0.25, 0.3) is 0 Å². The minimum Gasteiger partial charge on any atom is -0.494 e. The largest absolute Gasteiger partial charge is 0.494 e. The number of hydrogen-bond acceptors (Lipinski definition) is 2. The van der Waals surface area contributed by atoms with Crippen LogP contribution in [0.4, 0.5) is 0 Å². The summed E-state index contributed by atoms with van der Waals surface area (Å²) in [5, 5.41) is 11.1. The molecule has 1 N–H and O–H groups in total. The van der Waals surface area contributed by atoms with Crippen LogP contribution < -0.4 is 4.74 Å². The molecule has 0 bridgehead atoms. The first-order chi connectivity index (χ1) is 11.0. The first kappa shape index (κ1) is 17.6. The van der Waals surface area contributed by atoms with Gasteiger partial charge >= 0.3 is 0 Å². The Morgan fingerprint density at radius 1 is 0.957 bits per heavy atom. The molecule has 0 saturated carbocycles. The third kappa shape index (κ3) is 6.09. The van der Waals surface area contributed by atoms with Crippen LogP contribution in [0.1, 0.15) is 24.8 Å². The van der Waals surface area contributed by atoms with Gasteiger partial charge in [-0.25, -0.2) is 0 Å². The molecule has 0 spiro atoms. The van der Waals surface area contributed by atoms with E-state index in [0.717, 1.165) is 30.6 Å². The van der Waals surface area contributed by atoms with E-state index in [1.54, 1.807) is 0 Å². The Kier molecular flexibility index (Phi) is 6.26. The summed E-state index contributed by atoms with van der Waals surface area (Å²) < 4.78 is 5.78. The average molecular weight is 327 g/mol. The molecule has 122 valence electrons. The van der Waals surface area contributed by atoms with E-state index in [9.17, 15) is 0 Å². The zero-order valence-electron chi connectivity index (χ0n) is 14.4. The molecule has 0 aromatic heterocycles. The SMILES string of the molecule is C[Si](C)(C)C#Cc1ccc2cc(OCCCCCO)ccc2c1. The maximum atomic E-state index is 8.76. The van der Waals surface area contributed by atoms with Gasteiger partial charge in [0.15, 0.2) is 0 Å². The highest BCUT2D eigenvalue weighted by atomic mass is 28.3. The Bertz CT molecular complexity index is 705. The molecule has 2 rings (SSSR count). The first-order valence-electron chi connectivity index (χ1n) is 8.29. The zero-order valence-corrected chi connectivity index (χ0v) is 15.4. The van der Waals surface area contributed by atoms with E-state index >= 15 is 0 Å². The lowest BCUT2D eigenvalue weighted by atomic mass is 10.1. The molecule has 2 nitrogen and oxygen atoms in total. The van der Waals surface area contributed by atoms with E-state index in [0.29, 0.717) is 6.61 Å². The summed E-state index contributed by atoms with van der Waals surface area (Å²) in [6, 6.07) is 12.5. The number of aliphatic hydroxyl groups excluding tert-OH is 1. The Labute approximate surface area is 140 Å². The van der Waals surface area contributed by atoms with E-state index in [-0.39, 0.29) is 6.61 Å². The average Bonchev–Trinajstić information content (AvgIpc) is 2.52. The number of unbranched alkanes of at least 4 members (excludes halogenated alkanes) is 2. The number of hydrogen-bond donors (Lipinski definition) is 1. The summed E-state index contributed by atoms with van der Waals surface area (Å²) >= 11 is 0. The molecule has 0 fully saturated rings. The standard InChI is InChI=1S/C20H26O2Si/c1-23(2,3)14-11-17-7-8-19-16-20(10-9-18(19)15-17)22-13-6-4-5-12-21/h7-10,15-16,21H,4-6,12-13H2,1-3H3. The van der Waals surface area contributed by atoms with E-state index in [2.05, 4.69) is 61.4 Å². The Morgan fingerprint density at radius 2 is 1.70 bits per heavy atom. The lowest BCUT2D eigenvalue weighted by molar-refractivity contribution is 0.266. The van der Waals surface area contributed by atoms with Crippen LogP contribution in [0.15, 0.2) is 36.4 Å². The highest BCUT2D eigenvalue weighted by Gasteiger charge is 2.07. The molecule has 0 aliphatic rings. The molecule has 2 aromatic carbocycles. The van der Waals surface area contributed by atoms with Crippen molar-refractivity contribution in [1.29, 1.82) is 0 Å². The quantitative estimate of drug-likeness (QED) is 0.477. The molecule has 0 aliphatic carbocycles. The molecule has 0 amide bonds. The lowest BCUT2D eigenvalue weighted by Gasteiger charge is -2.07. The van der Waals surface area contributed by atoms with Gasteiger partial charge < -0.3 is 9.84 Å². The van der Waals surface area contributed by atoms with Crippen molar-refractivity contribution in [2.45, 2.75) is 38.9 Å². The van der Waals surface area contributed by atoms with Crippen molar-refractivity contribution in [3.63, 3.8) is 0 Å². The summed E-state index contributed by atoms with van der Waals surface area (Å²) in [6.45, 7) is 7.73. The predicted octanol–water partition coefficient (Wildman–Crippen LogP) is 4.61. The molecular weight excluding hydrogens is 300 g/mol. The van der Waals surface area contributed by atoms with Crippen molar-refractivity contribution < 1.29 is 9.84 Å². The minimum atomic E-state index is -1.34. The first-order valence-corrected chi connectivity index (χ1v) is 11.8. The van der Waals surface area contributed by atoms with Crippen molar-refractivity contribution in [2.24, 2.45) is 0 Å². The van der Waals surface area contributed by atoms with E-state index in [1.165, 1.54) is 10.8 Å². The van der Waals surface area contributed by atoms with Gasteiger partial charge in [-0.15, -0.1) is 5.54 Å². The lowest BCUT2D eigenvalue weighted by Crippen LogP contribution is -2.16. The van der Waals surface area contributed by atoms with Gasteiger partial charge in [0.2, 0.25) is 0 Å². The Balaban J connectivity index is 2.05. The van der Waals surface area contributed by atoms with Gasteiger partial charge in [-0.3, -0.25) is 0 Å². The van der Waals surface area contributed by atoms with Crippen molar-refractivity contribution in [1.82, 2.24) is 0 Å². The summed E-state index contributed by atoms with van der Waals surface area (Å²) in [4.78, 5) is 0. The third-order valence-electron chi connectivity index (χ3n) is 3.46. The fourth-order valence-electron chi connectivity index (χ4n) is 2.23. The fourth-order valence-corrected chi connectivity index (χ4v) is 2.75. The second-order valence-corrected chi connectivity index (χ2v) is 11.6. The Morgan fingerprint density at radius 3 is 2.43 bits per heavy atom. The molecule has 0 atom stereocenters. The van der Waals surface area contributed by atoms with Crippen LogP contribution in [-0.4, -0.2) is 26.4 Å². The van der Waals surface area contributed by atoms with Gasteiger partial charge in [0, 0.05) is 12.2 Å². The number of ether oxygens (including phenoxy) is 1. The monoisotopic (exact) mass is 326 g/mol. The zero-order chi connectivity index (χ0) is 16.7. The number of fused-ring (bicyclic) bond motifs is 1. The smallest absolute Gasteiger partial charge is 0.129 e. The molecule has 0 aliphatic heterocycles. The van der Waals surface area contributed by atoms with E-state index in [1.807, 2.05) is 6.07 Å². The molecule has 23 heavy (non-hydrogen) atoms. The highest BCUT2D eigenvalue weighted by Crippen LogP contribution is 2.22. The van der Waals surface area contributed by atoms with E-state index in [4.69, 9.17) is 9.84 Å². The number of aliphatic hydroxyl groups is 1. The summed E-state index contributed by atoms with van der Waals surface area (Å²) in [7, 11) is -1.34. The topological polar surface area (TPSA) is 29.5 Å². The molecular formula is C20H26O2Si. The molecule has 0 unspecified atom stereocenters. The van der Waals surface area contributed by atoms with Gasteiger partial charge in [-0.1, -0.05) is 37.7 Å². The van der Waals surface area contributed by atoms with Gasteiger partial charge in [-0.2, -0.15) is 0 Å². The van der Waals surface area contributed by atoms with Crippen molar-refractivity contribution in [3.05, 3.63) is 42.0 Å². The maximum absolute atomic E-state index is 8.76. The maximum Gasteiger partial charge on any atom is 0.129 e. The number of rotatable bonds is 6. The van der Waals surface area contributed by atoms with Crippen molar-refractivity contribution >= 4 is 18.8 Å². The molecule has 0 heterocycles. The van der Waals surface area contributed by atoms with Crippen LogP contribution in [0.3, 0.4) is 0 Å². The normalized spacial score (nSPS) is 11.1.